The van der Waals surface area contributed by atoms with Gasteiger partial charge in [-0.2, -0.15) is 0 Å². The number of fused-ring (bicyclic) bond motifs is 20. The van der Waals surface area contributed by atoms with Gasteiger partial charge >= 0.3 is 0 Å². The van der Waals surface area contributed by atoms with Gasteiger partial charge in [0.05, 0.1) is 124 Å². The molecule has 293 valence electrons. The summed E-state index contributed by atoms with van der Waals surface area (Å²) in [6, 6.07) is 0. The number of nitrogens with zero attached hydrogens (tertiary/aromatic N) is 6. The summed E-state index contributed by atoms with van der Waals surface area (Å²) in [7, 11) is 0. The fourth-order valence-corrected chi connectivity index (χ4v) is 10.3. The zero-order valence-electron chi connectivity index (χ0n) is 26.0. The molecule has 3 aromatic heterocycles. The van der Waals surface area contributed by atoms with Gasteiger partial charge in [0.2, 0.25) is 0 Å². The second-order valence-corrected chi connectivity index (χ2v) is 17.7. The topological polar surface area (TPSA) is 109 Å². The van der Waals surface area contributed by atoms with Crippen molar-refractivity contribution < 1.29 is 17.1 Å². The molecule has 0 spiro atoms. The molecule has 0 aliphatic carbocycles. The van der Waals surface area contributed by atoms with Crippen molar-refractivity contribution in [1.29, 1.82) is 0 Å². The summed E-state index contributed by atoms with van der Waals surface area (Å²) < 4.78 is 0. The molecule has 1 radical (unpaired) electrons. The van der Waals surface area contributed by atoms with Crippen LogP contribution in [0.4, 0.5) is 0 Å². The number of halogens is 16. The van der Waals surface area contributed by atoms with E-state index in [-0.39, 0.29) is 187 Å². The Balaban J connectivity index is 0.00000455. The smallest absolute Gasteiger partial charge is 0.166 e. The fraction of sp³-hybridized carbons (Fsp3) is 0. The molecule has 57 heavy (non-hydrogen) atoms. The molecule has 4 aromatic carbocycles. The summed E-state index contributed by atoms with van der Waals surface area (Å²) in [4.78, 5) is 34.9. The maximum atomic E-state index is 6.84. The third-order valence-electron chi connectivity index (χ3n) is 8.68. The van der Waals surface area contributed by atoms with Crippen molar-refractivity contribution in [3.63, 3.8) is 0 Å². The van der Waals surface area contributed by atoms with Gasteiger partial charge in [0.1, 0.15) is 22.6 Å². The van der Waals surface area contributed by atoms with Gasteiger partial charge in [0.15, 0.2) is 23.3 Å². The van der Waals surface area contributed by atoms with Crippen molar-refractivity contribution in [3.05, 3.63) is 80.4 Å². The first kappa shape index (κ1) is 43.1. The maximum Gasteiger partial charge on any atom is 0.166 e. The average molecular weight is 1130 g/mol. The predicted molar refractivity (Wildman–Crippen MR) is 236 cm³/mol. The van der Waals surface area contributed by atoms with Gasteiger partial charge in [-0.3, -0.25) is 0 Å². The summed E-state index contributed by atoms with van der Waals surface area (Å²) in [6.45, 7) is 0. The molecule has 2 aliphatic heterocycles. The van der Waals surface area contributed by atoms with Gasteiger partial charge in [-0.25, -0.2) is 29.9 Å². The third kappa shape index (κ3) is 6.22. The molecule has 2 aliphatic rings. The summed E-state index contributed by atoms with van der Waals surface area (Å²) in [6.07, 6.45) is 0. The van der Waals surface area contributed by atoms with E-state index in [4.69, 9.17) is 216 Å². The van der Waals surface area contributed by atoms with Crippen molar-refractivity contribution in [2.24, 2.45) is 0 Å². The van der Waals surface area contributed by atoms with Crippen LogP contribution in [-0.2, 0) is 17.1 Å². The number of nitrogens with one attached hydrogen (secondary N) is 2. The first-order chi connectivity index (χ1) is 26.4. The molecule has 5 heterocycles. The Morgan fingerprint density at radius 1 is 0.228 bits per heavy atom. The van der Waals surface area contributed by atoms with Gasteiger partial charge in [-0.05, 0) is 0 Å². The number of aromatic nitrogens is 8. The van der Waals surface area contributed by atoms with E-state index in [2.05, 4.69) is 9.97 Å². The number of benzene rings is 4. The Bertz CT molecular complexity index is 2820. The first-order valence-electron chi connectivity index (χ1n) is 14.7. The molecular weight excluding hydrogens is 1130 g/mol. The van der Waals surface area contributed by atoms with E-state index >= 15 is 0 Å². The Kier molecular flexibility index (Phi) is 11.6. The Morgan fingerprint density at radius 2 is 0.404 bits per heavy atom. The van der Waals surface area contributed by atoms with Crippen LogP contribution < -0.4 is 0 Å². The van der Waals surface area contributed by atoms with Crippen LogP contribution in [0.3, 0.4) is 0 Å². The molecule has 0 atom stereocenters. The van der Waals surface area contributed by atoms with E-state index in [9.17, 15) is 0 Å². The van der Waals surface area contributed by atoms with Gasteiger partial charge in [-0.15, -0.1) is 0 Å². The van der Waals surface area contributed by atoms with Crippen LogP contribution in [-0.4, -0.2) is 39.9 Å². The molecule has 7 aromatic rings. The van der Waals surface area contributed by atoms with Crippen LogP contribution in [0.25, 0.3) is 89.7 Å². The maximum absolute atomic E-state index is 6.84. The van der Waals surface area contributed by atoms with Gasteiger partial charge in [0.25, 0.3) is 0 Å². The van der Waals surface area contributed by atoms with E-state index in [1.165, 1.54) is 0 Å². The molecular formula is C32H2Cl16CuN8. The van der Waals surface area contributed by atoms with Crippen LogP contribution in [0.5, 0.6) is 0 Å². The van der Waals surface area contributed by atoms with Crippen LogP contribution in [0.15, 0.2) is 0 Å². The normalized spacial score (nSPS) is 12.1. The van der Waals surface area contributed by atoms with E-state index in [1.807, 2.05) is 0 Å². The fourth-order valence-electron chi connectivity index (χ4n) is 6.24. The number of rotatable bonds is 0. The summed E-state index contributed by atoms with van der Waals surface area (Å²) in [5.74, 6) is -0.257. The minimum Gasteiger partial charge on any atom is -0.324 e. The van der Waals surface area contributed by atoms with Crippen LogP contribution >= 0.6 is 186 Å². The van der Waals surface area contributed by atoms with Gasteiger partial charge < -0.3 is 9.97 Å². The summed E-state index contributed by atoms with van der Waals surface area (Å²) in [5, 5.41) is -0.398. The number of hydrogen-bond acceptors (Lipinski definition) is 6. The van der Waals surface area contributed by atoms with Crippen molar-refractivity contribution in [2.45, 2.75) is 0 Å². The molecule has 8 bridgehead atoms. The van der Waals surface area contributed by atoms with Crippen LogP contribution in [0.1, 0.15) is 0 Å². The SMILES string of the molecule is Clc1c(Cl)c(Cl)c2c(c1Cl)-c1nc-2nc2[nH]c(nc3nc(nc4[nH]c(n1)c1c(Cl)c(Cl)c(Cl)c(Cl)c41)-c1c(Cl)c(Cl)c(Cl)c(Cl)c1-3)c1c(Cl)c(Cl)c(Cl)c(Cl)c21.[Cu]. The predicted octanol–water partition coefficient (Wildman–Crippen LogP) is 17.3. The Labute approximate surface area is 408 Å². The molecule has 0 unspecified atom stereocenters. The monoisotopic (exact) mass is 1120 g/mol. The Hall–Kier alpha value is -0.601. The standard InChI is InChI=1S/C32H2Cl16N8.Cu/c33-9-1-2(10(34)18(42)17(9)41)26-49-25(1)53-27-3-4(12(36)20(44)19(43)11(3)35)29(50-27)55-31-7-8(16(40)24(48)23(47)15(7)39)32(52-31)56-30-6-5(28(51-30)54-26)13(37)21(45)22(46)14(6)38;/h(H2,49,50,51,52,53,54,55,56);. The Morgan fingerprint density at radius 3 is 0.596 bits per heavy atom. The van der Waals surface area contributed by atoms with Crippen molar-refractivity contribution in [3.8, 4) is 45.6 Å². The molecule has 8 nitrogen and oxygen atoms in total. The van der Waals surface area contributed by atoms with Gasteiger partial charge in [-0.1, -0.05) is 186 Å². The molecule has 0 fully saturated rings. The van der Waals surface area contributed by atoms with Crippen molar-refractivity contribution in [2.75, 3.05) is 0 Å². The van der Waals surface area contributed by atoms with Crippen molar-refractivity contribution in [1.82, 2.24) is 39.9 Å². The largest absolute Gasteiger partial charge is 0.324 e. The van der Waals surface area contributed by atoms with E-state index in [0.717, 1.165) is 0 Å². The zero-order chi connectivity index (χ0) is 40.1. The minimum absolute atomic E-state index is 0. The summed E-state index contributed by atoms with van der Waals surface area (Å²) >= 11 is 107. The quantitative estimate of drug-likeness (QED) is 0.0889. The third-order valence-corrected chi connectivity index (χ3v) is 15.9. The minimum atomic E-state index is -0.0863. The van der Waals surface area contributed by atoms with E-state index < -0.39 is 0 Å². The molecule has 2 N–H and O–H groups in total. The number of hydrogen-bond donors (Lipinski definition) is 2. The molecule has 25 heteroatoms. The van der Waals surface area contributed by atoms with Crippen LogP contribution in [0, 0.1) is 0 Å². The van der Waals surface area contributed by atoms with Crippen molar-refractivity contribution >= 4 is 230 Å². The first-order valence-corrected chi connectivity index (χ1v) is 20.8. The summed E-state index contributed by atoms with van der Waals surface area (Å²) in [5.41, 5.74) is 0.666. The second kappa shape index (κ2) is 15.3. The van der Waals surface area contributed by atoms with Crippen LogP contribution in [0.2, 0.25) is 80.4 Å². The average Bonchev–Trinajstić information content (AvgIpc) is 3.92. The molecule has 0 saturated carbocycles. The van der Waals surface area contributed by atoms with E-state index in [1.54, 1.807) is 0 Å². The molecule has 9 rings (SSSR count). The second-order valence-electron chi connectivity index (χ2n) is 11.6. The zero-order valence-corrected chi connectivity index (χ0v) is 39.1. The number of H-pyrrole nitrogens is 2. The number of aromatic amines is 2. The van der Waals surface area contributed by atoms with Gasteiger partial charge in [0, 0.05) is 17.1 Å². The molecule has 0 amide bonds. The van der Waals surface area contributed by atoms with E-state index in [0.29, 0.717) is 0 Å². The molecule has 0 saturated heterocycles.